The van der Waals surface area contributed by atoms with Crippen molar-refractivity contribution in [3.63, 3.8) is 0 Å². The average molecular weight is 767 g/mol. The van der Waals surface area contributed by atoms with Crippen molar-refractivity contribution >= 4 is 35.1 Å². The molecule has 4 aromatic rings. The minimum Gasteiger partial charge on any atom is -0.496 e. The average Bonchev–Trinajstić information content (AvgIpc) is 3.82. The van der Waals surface area contributed by atoms with Crippen molar-refractivity contribution in [1.29, 1.82) is 0 Å². The first-order valence-electron chi connectivity index (χ1n) is 18.4. The largest absolute Gasteiger partial charge is 0.496 e. The third-order valence-corrected chi connectivity index (χ3v) is 10.1. The number of amides is 2. The SMILES string of the molecule is COc1cc(C(=O)N2CCc3c(-c4cccc5c4CCN5C(=O)c4ccc(CNC[C@@H](O)CC(=O)O)c(OC)c4)cccc32)ccc1CNC[C@@H](O)CC(=O)O. The summed E-state index contributed by atoms with van der Waals surface area (Å²) in [6.45, 7) is 1.81. The fourth-order valence-corrected chi connectivity index (χ4v) is 7.45. The number of nitrogens with one attached hydrogen (secondary N) is 2. The lowest BCUT2D eigenvalue weighted by molar-refractivity contribution is -0.140. The van der Waals surface area contributed by atoms with Crippen molar-refractivity contribution in [2.45, 2.75) is 51.0 Å². The first kappa shape index (κ1) is 39.9. The Kier molecular flexibility index (Phi) is 12.7. The number of ether oxygens (including phenoxy) is 2. The van der Waals surface area contributed by atoms with Gasteiger partial charge >= 0.3 is 11.9 Å². The molecular weight excluding hydrogens is 720 g/mol. The first-order chi connectivity index (χ1) is 27.0. The van der Waals surface area contributed by atoms with Crippen LogP contribution in [-0.4, -0.2) is 96.8 Å². The van der Waals surface area contributed by atoms with Crippen LogP contribution in [-0.2, 0) is 35.5 Å². The van der Waals surface area contributed by atoms with Gasteiger partial charge in [-0.15, -0.1) is 0 Å². The maximum Gasteiger partial charge on any atom is 0.306 e. The minimum atomic E-state index is -1.08. The van der Waals surface area contributed by atoms with Gasteiger partial charge in [0.1, 0.15) is 11.5 Å². The van der Waals surface area contributed by atoms with Crippen molar-refractivity contribution in [2.24, 2.45) is 0 Å². The molecule has 2 heterocycles. The zero-order valence-corrected chi connectivity index (χ0v) is 31.3. The number of anilines is 2. The standard InChI is InChI=1S/C42H46N4O10/c1-55-37-17-25(9-11-27(37)21-43-23-29(47)19-39(49)50)41(53)45-15-13-33-31(5-3-7-35(33)45)32-6-4-8-36-34(32)14-16-46(36)42(54)26-10-12-28(38(18-26)56-2)22-44-24-30(48)20-40(51)52/h3-12,17-18,29-30,43-44,47-48H,13-16,19-24H2,1-2H3,(H,49,50)(H,51,52)/t29-,30-/m0/s1. The highest BCUT2D eigenvalue weighted by Crippen LogP contribution is 2.42. The number of nitrogens with zero attached hydrogens (tertiary/aromatic N) is 2. The number of aliphatic hydroxyl groups excluding tert-OH is 2. The summed E-state index contributed by atoms with van der Waals surface area (Å²) in [4.78, 5) is 53.1. The Balaban J connectivity index is 1.17. The van der Waals surface area contributed by atoms with Crippen LogP contribution in [0.15, 0.2) is 72.8 Å². The van der Waals surface area contributed by atoms with E-state index in [-0.39, 0.29) is 37.7 Å². The molecule has 0 aliphatic carbocycles. The maximum atomic E-state index is 13.9. The fraction of sp³-hybridized carbons (Fsp3) is 0.333. The molecule has 56 heavy (non-hydrogen) atoms. The number of carboxylic acid groups (broad SMARTS) is 2. The Morgan fingerprint density at radius 2 is 1.05 bits per heavy atom. The Bertz CT molecular complexity index is 1970. The number of aliphatic carboxylic acids is 2. The molecule has 2 atom stereocenters. The van der Waals surface area contributed by atoms with E-state index in [0.29, 0.717) is 61.6 Å². The molecule has 14 nitrogen and oxygen atoms in total. The van der Waals surface area contributed by atoms with Crippen molar-refractivity contribution in [2.75, 3.05) is 50.2 Å². The van der Waals surface area contributed by atoms with E-state index in [1.807, 2.05) is 24.3 Å². The molecule has 0 radical (unpaired) electrons. The topological polar surface area (TPSA) is 198 Å². The van der Waals surface area contributed by atoms with Crippen molar-refractivity contribution in [1.82, 2.24) is 10.6 Å². The van der Waals surface area contributed by atoms with Crippen LogP contribution in [0.3, 0.4) is 0 Å². The molecule has 0 aromatic heterocycles. The third-order valence-electron chi connectivity index (χ3n) is 10.1. The van der Waals surface area contributed by atoms with Crippen LogP contribution >= 0.6 is 0 Å². The lowest BCUT2D eigenvalue weighted by Gasteiger charge is -2.20. The molecule has 0 saturated heterocycles. The molecule has 2 aliphatic heterocycles. The number of carbonyl (C=O) groups is 4. The fourth-order valence-electron chi connectivity index (χ4n) is 7.45. The molecule has 0 saturated carbocycles. The molecule has 0 bridgehead atoms. The van der Waals surface area contributed by atoms with Crippen LogP contribution in [0.2, 0.25) is 0 Å². The number of fused-ring (bicyclic) bond motifs is 2. The Hall–Kier alpha value is -5.80. The van der Waals surface area contributed by atoms with Gasteiger partial charge < -0.3 is 50.3 Å². The van der Waals surface area contributed by atoms with Gasteiger partial charge in [-0.3, -0.25) is 19.2 Å². The number of hydrogen-bond acceptors (Lipinski definition) is 10. The van der Waals surface area contributed by atoms with Gasteiger partial charge in [-0.25, -0.2) is 0 Å². The lowest BCUT2D eigenvalue weighted by atomic mass is 9.93. The molecule has 4 aromatic carbocycles. The summed E-state index contributed by atoms with van der Waals surface area (Å²) in [6.07, 6.45) is -1.46. The lowest BCUT2D eigenvalue weighted by Crippen LogP contribution is -2.29. The number of rotatable bonds is 17. The monoisotopic (exact) mass is 766 g/mol. The smallest absolute Gasteiger partial charge is 0.306 e. The number of benzene rings is 4. The number of methoxy groups -OCH3 is 2. The van der Waals surface area contributed by atoms with E-state index in [1.165, 1.54) is 14.2 Å². The second-order valence-electron chi connectivity index (χ2n) is 13.8. The van der Waals surface area contributed by atoms with Crippen LogP contribution in [0.4, 0.5) is 11.4 Å². The van der Waals surface area contributed by atoms with Gasteiger partial charge in [-0.2, -0.15) is 0 Å². The van der Waals surface area contributed by atoms with E-state index in [1.54, 1.807) is 46.2 Å². The molecule has 0 unspecified atom stereocenters. The van der Waals surface area contributed by atoms with E-state index in [0.717, 1.165) is 44.8 Å². The molecule has 2 aliphatic rings. The zero-order chi connectivity index (χ0) is 39.9. The number of hydrogen-bond donors (Lipinski definition) is 6. The summed E-state index contributed by atoms with van der Waals surface area (Å²) in [5.41, 5.74) is 8.22. The van der Waals surface area contributed by atoms with Crippen LogP contribution < -0.4 is 29.9 Å². The summed E-state index contributed by atoms with van der Waals surface area (Å²) in [5.74, 6) is -1.49. The molecule has 0 spiro atoms. The van der Waals surface area contributed by atoms with E-state index >= 15 is 0 Å². The predicted octanol–water partition coefficient (Wildman–Crippen LogP) is 3.63. The summed E-state index contributed by atoms with van der Waals surface area (Å²) in [5, 5.41) is 43.6. The molecule has 294 valence electrons. The quantitative estimate of drug-likeness (QED) is 0.0915. The van der Waals surface area contributed by atoms with Crippen LogP contribution in [0.25, 0.3) is 11.1 Å². The maximum absolute atomic E-state index is 13.9. The van der Waals surface area contributed by atoms with E-state index in [4.69, 9.17) is 19.7 Å². The van der Waals surface area contributed by atoms with Crippen molar-refractivity contribution in [3.05, 3.63) is 106 Å². The Labute approximate surface area is 324 Å². The van der Waals surface area contributed by atoms with Gasteiger partial charge in [0.15, 0.2) is 0 Å². The molecule has 6 N–H and O–H groups in total. The highest BCUT2D eigenvalue weighted by molar-refractivity contribution is 6.09. The summed E-state index contributed by atoms with van der Waals surface area (Å²) in [6, 6.07) is 22.4. The molecular formula is C42H46N4O10. The van der Waals surface area contributed by atoms with E-state index in [9.17, 15) is 29.4 Å². The van der Waals surface area contributed by atoms with Gasteiger partial charge in [0, 0.05) is 72.9 Å². The van der Waals surface area contributed by atoms with Gasteiger partial charge in [0.05, 0.1) is 39.3 Å². The molecule has 2 amide bonds. The summed E-state index contributed by atoms with van der Waals surface area (Å²) in [7, 11) is 3.04. The van der Waals surface area contributed by atoms with Crippen molar-refractivity contribution < 1.29 is 49.1 Å². The third kappa shape index (κ3) is 8.84. The summed E-state index contributed by atoms with van der Waals surface area (Å²) < 4.78 is 11.2. The zero-order valence-electron chi connectivity index (χ0n) is 31.3. The molecule has 6 rings (SSSR count). The second kappa shape index (κ2) is 17.8. The van der Waals surface area contributed by atoms with E-state index in [2.05, 4.69) is 22.8 Å². The predicted molar refractivity (Wildman–Crippen MR) is 209 cm³/mol. The summed E-state index contributed by atoms with van der Waals surface area (Å²) >= 11 is 0. The van der Waals surface area contributed by atoms with Crippen molar-refractivity contribution in [3.8, 4) is 22.6 Å². The first-order valence-corrected chi connectivity index (χ1v) is 18.4. The van der Waals surface area contributed by atoms with Gasteiger partial charge in [0.2, 0.25) is 0 Å². The van der Waals surface area contributed by atoms with Crippen LogP contribution in [0.1, 0.15) is 55.8 Å². The number of carbonyl (C=O) groups excluding carboxylic acids is 2. The normalized spacial score (nSPS) is 14.2. The van der Waals surface area contributed by atoms with Crippen LogP contribution in [0, 0.1) is 0 Å². The highest BCUT2D eigenvalue weighted by atomic mass is 16.5. The van der Waals surface area contributed by atoms with E-state index < -0.39 is 24.1 Å². The Morgan fingerprint density at radius 3 is 1.43 bits per heavy atom. The van der Waals surface area contributed by atoms with Gasteiger partial charge in [-0.05, 0) is 71.5 Å². The van der Waals surface area contributed by atoms with Gasteiger partial charge in [-0.1, -0.05) is 36.4 Å². The van der Waals surface area contributed by atoms with Crippen LogP contribution in [0.5, 0.6) is 11.5 Å². The molecule has 14 heteroatoms. The number of aliphatic hydroxyl groups is 2. The second-order valence-corrected chi connectivity index (χ2v) is 13.8. The highest BCUT2D eigenvalue weighted by Gasteiger charge is 2.32. The molecule has 0 fully saturated rings. The van der Waals surface area contributed by atoms with Gasteiger partial charge in [0.25, 0.3) is 11.8 Å². The number of carboxylic acids is 2. The minimum absolute atomic E-state index is 0.0948. The Morgan fingerprint density at radius 1 is 0.643 bits per heavy atom.